The van der Waals surface area contributed by atoms with Crippen LogP contribution in [-0.4, -0.2) is 10.9 Å². The average molecular weight is 371 g/mol. The van der Waals surface area contributed by atoms with E-state index in [1.807, 2.05) is 50.2 Å². The Balaban J connectivity index is 1.58. The van der Waals surface area contributed by atoms with Crippen LogP contribution in [-0.2, 0) is 6.54 Å². The van der Waals surface area contributed by atoms with Crippen molar-refractivity contribution in [3.8, 4) is 0 Å². The zero-order chi connectivity index (χ0) is 17.6. The Hall–Kier alpha value is -2.37. The highest BCUT2D eigenvalue weighted by Gasteiger charge is 2.18. The van der Waals surface area contributed by atoms with Crippen LogP contribution in [0.25, 0.3) is 21.2 Å². The fraction of sp³-hybridized carbons (Fsp3) is 0.158. The number of amides is 1. The summed E-state index contributed by atoms with van der Waals surface area (Å²) in [5.74, 6) is 0.0690. The molecule has 4 nitrogen and oxygen atoms in total. The van der Waals surface area contributed by atoms with Crippen molar-refractivity contribution in [2.45, 2.75) is 20.4 Å². The molecule has 1 amide bonds. The molecule has 0 aliphatic heterocycles. The van der Waals surface area contributed by atoms with Gasteiger partial charge in [-0.1, -0.05) is 23.7 Å². The van der Waals surface area contributed by atoms with Crippen LogP contribution >= 0.6 is 22.9 Å². The molecule has 2 aromatic heterocycles. The van der Waals surface area contributed by atoms with Crippen LogP contribution in [0, 0.1) is 13.8 Å². The largest absolute Gasteiger partial charge is 0.451 e. The number of benzene rings is 2. The number of rotatable bonds is 3. The molecule has 0 atom stereocenters. The number of nitrogens with one attached hydrogen (secondary N) is 1. The van der Waals surface area contributed by atoms with Crippen LogP contribution in [0.1, 0.15) is 26.7 Å². The molecule has 126 valence electrons. The number of carbonyl (C=O) groups is 1. The summed E-state index contributed by atoms with van der Waals surface area (Å²) < 4.78 is 6.86. The van der Waals surface area contributed by atoms with E-state index < -0.39 is 0 Å². The summed E-state index contributed by atoms with van der Waals surface area (Å²) in [6.45, 7) is 4.14. The van der Waals surface area contributed by atoms with Gasteiger partial charge in [-0.25, -0.2) is 4.98 Å². The van der Waals surface area contributed by atoms with Gasteiger partial charge in [0, 0.05) is 16.0 Å². The Bertz CT molecular complexity index is 1080. The van der Waals surface area contributed by atoms with Crippen LogP contribution in [0.5, 0.6) is 0 Å². The lowest BCUT2D eigenvalue weighted by Crippen LogP contribution is -2.22. The van der Waals surface area contributed by atoms with Gasteiger partial charge in [0.1, 0.15) is 10.6 Å². The van der Waals surface area contributed by atoms with Gasteiger partial charge >= 0.3 is 0 Å². The average Bonchev–Trinajstić information content (AvgIpc) is 3.15. The molecule has 2 heterocycles. The number of aromatic nitrogens is 1. The van der Waals surface area contributed by atoms with Crippen molar-refractivity contribution >= 4 is 50.0 Å². The second-order valence-electron chi connectivity index (χ2n) is 5.91. The van der Waals surface area contributed by atoms with Crippen molar-refractivity contribution < 1.29 is 9.21 Å². The van der Waals surface area contributed by atoms with Crippen molar-refractivity contribution in [3.05, 3.63) is 63.3 Å². The Morgan fingerprint density at radius 2 is 2.08 bits per heavy atom. The Kier molecular flexibility index (Phi) is 3.98. The number of aryl methyl sites for hydroxylation is 2. The van der Waals surface area contributed by atoms with Gasteiger partial charge in [0.2, 0.25) is 0 Å². The van der Waals surface area contributed by atoms with E-state index in [0.717, 1.165) is 31.7 Å². The van der Waals surface area contributed by atoms with Gasteiger partial charge in [-0.3, -0.25) is 4.79 Å². The SMILES string of the molecule is Cc1cc2oc(C(=O)NCc3nc4ccccc4s3)c(C)c2cc1Cl. The summed E-state index contributed by atoms with van der Waals surface area (Å²) in [5, 5.41) is 5.28. The number of thiazole rings is 1. The van der Waals surface area contributed by atoms with E-state index in [0.29, 0.717) is 22.9 Å². The van der Waals surface area contributed by atoms with E-state index >= 15 is 0 Å². The van der Waals surface area contributed by atoms with Gasteiger partial charge < -0.3 is 9.73 Å². The predicted octanol–water partition coefficient (Wildman–Crippen LogP) is 5.24. The minimum absolute atomic E-state index is 0.248. The summed E-state index contributed by atoms with van der Waals surface area (Å²) in [6.07, 6.45) is 0. The second-order valence-corrected chi connectivity index (χ2v) is 7.43. The second kappa shape index (κ2) is 6.17. The maximum Gasteiger partial charge on any atom is 0.287 e. The number of para-hydroxylation sites is 1. The van der Waals surface area contributed by atoms with Gasteiger partial charge in [0.05, 0.1) is 16.8 Å². The van der Waals surface area contributed by atoms with Gasteiger partial charge in [-0.15, -0.1) is 11.3 Å². The lowest BCUT2D eigenvalue weighted by atomic mass is 10.1. The van der Waals surface area contributed by atoms with Crippen LogP contribution in [0.15, 0.2) is 40.8 Å². The van der Waals surface area contributed by atoms with Gasteiger partial charge in [0.15, 0.2) is 5.76 Å². The predicted molar refractivity (Wildman–Crippen MR) is 101 cm³/mol. The first-order valence-electron chi connectivity index (χ1n) is 7.85. The fourth-order valence-electron chi connectivity index (χ4n) is 2.79. The fourth-order valence-corrected chi connectivity index (χ4v) is 3.86. The first-order valence-corrected chi connectivity index (χ1v) is 9.04. The third-order valence-corrected chi connectivity index (χ3v) is 5.61. The molecule has 0 aliphatic carbocycles. The summed E-state index contributed by atoms with van der Waals surface area (Å²) in [7, 11) is 0. The molecule has 4 aromatic rings. The molecule has 0 bridgehead atoms. The number of furan rings is 1. The number of hydrogen-bond acceptors (Lipinski definition) is 4. The smallest absolute Gasteiger partial charge is 0.287 e. The molecule has 0 radical (unpaired) electrons. The number of carbonyl (C=O) groups excluding carboxylic acids is 1. The normalized spacial score (nSPS) is 11.3. The molecule has 0 spiro atoms. The molecule has 0 fully saturated rings. The monoisotopic (exact) mass is 370 g/mol. The van der Waals surface area contributed by atoms with E-state index in [2.05, 4.69) is 10.3 Å². The summed E-state index contributed by atoms with van der Waals surface area (Å²) >= 11 is 7.75. The first-order chi connectivity index (χ1) is 12.0. The zero-order valence-electron chi connectivity index (χ0n) is 13.7. The van der Waals surface area contributed by atoms with Gasteiger partial charge in [-0.05, 0) is 43.7 Å². The lowest BCUT2D eigenvalue weighted by molar-refractivity contribution is 0.0924. The minimum Gasteiger partial charge on any atom is -0.451 e. The van der Waals surface area contributed by atoms with Gasteiger partial charge in [0.25, 0.3) is 5.91 Å². The quantitative estimate of drug-likeness (QED) is 0.536. The van der Waals surface area contributed by atoms with E-state index in [-0.39, 0.29) is 5.91 Å². The minimum atomic E-state index is -0.248. The summed E-state index contributed by atoms with van der Waals surface area (Å²) in [6, 6.07) is 11.6. The van der Waals surface area contributed by atoms with Crippen LogP contribution in [0.2, 0.25) is 5.02 Å². The zero-order valence-corrected chi connectivity index (χ0v) is 15.3. The highest BCUT2D eigenvalue weighted by atomic mass is 35.5. The molecular formula is C19H15ClN2O2S. The Morgan fingerprint density at radius 3 is 2.88 bits per heavy atom. The standard InChI is InChI=1S/C19H15ClN2O2S/c1-10-7-15-12(8-13(10)20)11(2)18(24-15)19(23)21-9-17-22-14-5-3-4-6-16(14)25-17/h3-8H,9H2,1-2H3,(H,21,23). The molecule has 0 unspecified atom stereocenters. The van der Waals surface area contributed by atoms with Crippen molar-refractivity contribution in [2.75, 3.05) is 0 Å². The van der Waals surface area contributed by atoms with E-state index in [1.165, 1.54) is 0 Å². The number of nitrogens with zero attached hydrogens (tertiary/aromatic N) is 1. The number of halogens is 1. The number of hydrogen-bond donors (Lipinski definition) is 1. The summed E-state index contributed by atoms with van der Waals surface area (Å²) in [5.41, 5.74) is 3.33. The van der Waals surface area contributed by atoms with Crippen LogP contribution in [0.3, 0.4) is 0 Å². The van der Waals surface area contributed by atoms with Crippen molar-refractivity contribution in [3.63, 3.8) is 0 Å². The maximum atomic E-state index is 12.5. The summed E-state index contributed by atoms with van der Waals surface area (Å²) in [4.78, 5) is 17.1. The first kappa shape index (κ1) is 16.1. The third kappa shape index (κ3) is 2.90. The Morgan fingerprint density at radius 1 is 1.28 bits per heavy atom. The van der Waals surface area contributed by atoms with Crippen molar-refractivity contribution in [1.29, 1.82) is 0 Å². The lowest BCUT2D eigenvalue weighted by Gasteiger charge is -2.00. The van der Waals surface area contributed by atoms with Crippen molar-refractivity contribution in [2.24, 2.45) is 0 Å². The topological polar surface area (TPSA) is 55.1 Å². The van der Waals surface area contributed by atoms with E-state index in [9.17, 15) is 4.79 Å². The van der Waals surface area contributed by atoms with E-state index in [1.54, 1.807) is 11.3 Å². The number of fused-ring (bicyclic) bond motifs is 2. The highest BCUT2D eigenvalue weighted by molar-refractivity contribution is 7.18. The molecule has 0 saturated carbocycles. The van der Waals surface area contributed by atoms with Crippen LogP contribution in [0.4, 0.5) is 0 Å². The van der Waals surface area contributed by atoms with E-state index in [4.69, 9.17) is 16.0 Å². The molecule has 0 aliphatic rings. The van der Waals surface area contributed by atoms with Gasteiger partial charge in [-0.2, -0.15) is 0 Å². The molecule has 2 aromatic carbocycles. The molecule has 25 heavy (non-hydrogen) atoms. The van der Waals surface area contributed by atoms with Crippen molar-refractivity contribution in [1.82, 2.24) is 10.3 Å². The molecular weight excluding hydrogens is 356 g/mol. The van der Waals surface area contributed by atoms with Crippen LogP contribution < -0.4 is 5.32 Å². The molecule has 0 saturated heterocycles. The molecule has 6 heteroatoms. The highest BCUT2D eigenvalue weighted by Crippen LogP contribution is 2.30. The third-order valence-electron chi connectivity index (χ3n) is 4.16. The Labute approximate surface area is 153 Å². The molecule has 1 N–H and O–H groups in total. The maximum absolute atomic E-state index is 12.5. The molecule has 4 rings (SSSR count).